The van der Waals surface area contributed by atoms with E-state index in [-0.39, 0.29) is 5.91 Å². The first kappa shape index (κ1) is 14.3. The van der Waals surface area contributed by atoms with Crippen molar-refractivity contribution in [1.29, 1.82) is 0 Å². The molecule has 2 nitrogen and oxygen atoms in total. The number of nitrogens with one attached hydrogen (secondary N) is 1. The summed E-state index contributed by atoms with van der Waals surface area (Å²) in [7, 11) is 0. The summed E-state index contributed by atoms with van der Waals surface area (Å²) in [6.07, 6.45) is 5.23. The average molecular weight is 310 g/mol. The topological polar surface area (TPSA) is 29.1 Å². The van der Waals surface area contributed by atoms with Gasteiger partial charge in [-0.05, 0) is 48.8 Å². The summed E-state index contributed by atoms with van der Waals surface area (Å²) in [4.78, 5) is 12.0. The Hall–Kier alpha value is -0.670. The summed E-state index contributed by atoms with van der Waals surface area (Å²) in [5.74, 6) is 3.25. The molecule has 0 heterocycles. The standard InChI is InChI=1S/C16H20ClNOS/c17-14-5-2-11(3-6-14)9-20-10-16(19)18-15-8-12-1-4-13(15)7-12/h2-3,5-6,12-13,15H,1,4,7-10H2,(H,18,19)/t12-,13-,15-/m0/s1. The van der Waals surface area contributed by atoms with Crippen LogP contribution < -0.4 is 5.32 Å². The van der Waals surface area contributed by atoms with E-state index in [1.807, 2.05) is 24.3 Å². The zero-order valence-electron chi connectivity index (χ0n) is 11.5. The van der Waals surface area contributed by atoms with Crippen molar-refractivity contribution in [3.63, 3.8) is 0 Å². The molecule has 0 aromatic heterocycles. The van der Waals surface area contributed by atoms with Crippen molar-refractivity contribution in [2.75, 3.05) is 5.75 Å². The second-order valence-electron chi connectivity index (χ2n) is 5.97. The van der Waals surface area contributed by atoms with Crippen LogP contribution >= 0.6 is 23.4 Å². The number of hydrogen-bond acceptors (Lipinski definition) is 2. The van der Waals surface area contributed by atoms with Crippen LogP contribution in [0.5, 0.6) is 0 Å². The van der Waals surface area contributed by atoms with E-state index >= 15 is 0 Å². The number of thioether (sulfide) groups is 1. The number of benzene rings is 1. The molecule has 2 aliphatic carbocycles. The third-order valence-electron chi connectivity index (χ3n) is 4.50. The summed E-state index contributed by atoms with van der Waals surface area (Å²) in [6.45, 7) is 0. The largest absolute Gasteiger partial charge is 0.352 e. The van der Waals surface area contributed by atoms with Crippen LogP contribution in [0.15, 0.2) is 24.3 Å². The molecule has 1 aromatic rings. The van der Waals surface area contributed by atoms with Crippen LogP contribution in [-0.2, 0) is 10.5 Å². The lowest BCUT2D eigenvalue weighted by Crippen LogP contribution is -2.39. The van der Waals surface area contributed by atoms with E-state index in [0.29, 0.717) is 11.8 Å². The molecule has 3 rings (SSSR count). The van der Waals surface area contributed by atoms with Crippen LogP contribution in [0.3, 0.4) is 0 Å². The lowest BCUT2D eigenvalue weighted by Gasteiger charge is -2.22. The molecule has 2 bridgehead atoms. The Morgan fingerprint density at radius 1 is 1.25 bits per heavy atom. The highest BCUT2D eigenvalue weighted by Crippen LogP contribution is 2.44. The maximum Gasteiger partial charge on any atom is 0.230 e. The van der Waals surface area contributed by atoms with Crippen LogP contribution in [0.4, 0.5) is 0 Å². The van der Waals surface area contributed by atoms with Crippen LogP contribution in [0, 0.1) is 11.8 Å². The van der Waals surface area contributed by atoms with Gasteiger partial charge in [0.1, 0.15) is 0 Å². The maximum atomic E-state index is 12.0. The molecule has 20 heavy (non-hydrogen) atoms. The van der Waals surface area contributed by atoms with Gasteiger partial charge in [-0.1, -0.05) is 30.2 Å². The Morgan fingerprint density at radius 3 is 2.70 bits per heavy atom. The van der Waals surface area contributed by atoms with Gasteiger partial charge >= 0.3 is 0 Å². The second kappa shape index (κ2) is 6.40. The molecule has 0 radical (unpaired) electrons. The molecular weight excluding hydrogens is 290 g/mol. The Kier molecular flexibility index (Phi) is 4.57. The molecule has 108 valence electrons. The van der Waals surface area contributed by atoms with Crippen molar-refractivity contribution in [2.24, 2.45) is 11.8 Å². The van der Waals surface area contributed by atoms with Gasteiger partial charge in [0.25, 0.3) is 0 Å². The first-order valence-corrected chi connectivity index (χ1v) is 8.85. The monoisotopic (exact) mass is 309 g/mol. The summed E-state index contributed by atoms with van der Waals surface area (Å²) in [5, 5.41) is 3.98. The molecule has 1 amide bonds. The molecule has 2 fully saturated rings. The van der Waals surface area contributed by atoms with Crippen molar-refractivity contribution in [3.8, 4) is 0 Å². The number of halogens is 1. The SMILES string of the molecule is O=C(CSCc1ccc(Cl)cc1)N[C@H]1C[C@H]2CC[C@H]1C2. The molecule has 0 spiro atoms. The van der Waals surface area contributed by atoms with E-state index in [9.17, 15) is 4.79 Å². The molecule has 2 saturated carbocycles. The first-order valence-electron chi connectivity index (χ1n) is 7.32. The number of hydrogen-bond donors (Lipinski definition) is 1. The molecule has 3 atom stereocenters. The summed E-state index contributed by atoms with van der Waals surface area (Å²) < 4.78 is 0. The van der Waals surface area contributed by atoms with E-state index in [4.69, 9.17) is 11.6 Å². The lowest BCUT2D eigenvalue weighted by molar-refractivity contribution is -0.119. The normalized spacial score (nSPS) is 27.8. The fraction of sp³-hybridized carbons (Fsp3) is 0.562. The van der Waals surface area contributed by atoms with Crippen molar-refractivity contribution in [1.82, 2.24) is 5.32 Å². The molecule has 0 aliphatic heterocycles. The van der Waals surface area contributed by atoms with Gasteiger partial charge in [-0.25, -0.2) is 0 Å². The Bertz CT molecular complexity index is 476. The predicted octanol–water partition coefficient (Wildman–Crippen LogP) is 3.88. The van der Waals surface area contributed by atoms with Gasteiger partial charge in [0.2, 0.25) is 5.91 Å². The molecular formula is C16H20ClNOS. The minimum absolute atomic E-state index is 0.196. The minimum Gasteiger partial charge on any atom is -0.352 e. The Balaban J connectivity index is 1.38. The Labute approximate surface area is 129 Å². The number of carbonyl (C=O) groups excluding carboxylic acids is 1. The fourth-order valence-corrected chi connectivity index (χ4v) is 4.44. The van der Waals surface area contributed by atoms with E-state index in [1.54, 1.807) is 11.8 Å². The van der Waals surface area contributed by atoms with E-state index in [1.165, 1.54) is 31.2 Å². The van der Waals surface area contributed by atoms with Gasteiger partial charge in [0.15, 0.2) is 0 Å². The Morgan fingerprint density at radius 2 is 2.05 bits per heavy atom. The highest BCUT2D eigenvalue weighted by Gasteiger charge is 2.39. The van der Waals surface area contributed by atoms with Gasteiger partial charge in [0.05, 0.1) is 5.75 Å². The van der Waals surface area contributed by atoms with Gasteiger partial charge in [-0.3, -0.25) is 4.79 Å². The molecule has 0 unspecified atom stereocenters. The molecule has 0 saturated heterocycles. The zero-order valence-corrected chi connectivity index (χ0v) is 13.1. The molecule has 4 heteroatoms. The van der Waals surface area contributed by atoms with Crippen LogP contribution in [0.2, 0.25) is 5.02 Å². The van der Waals surface area contributed by atoms with Crippen LogP contribution in [0.1, 0.15) is 31.2 Å². The summed E-state index contributed by atoms with van der Waals surface area (Å²) in [5.41, 5.74) is 1.21. The van der Waals surface area contributed by atoms with E-state index < -0.39 is 0 Å². The number of fused-ring (bicyclic) bond motifs is 2. The molecule has 1 aromatic carbocycles. The lowest BCUT2D eigenvalue weighted by atomic mass is 9.95. The third kappa shape index (κ3) is 3.50. The van der Waals surface area contributed by atoms with Crippen molar-refractivity contribution in [2.45, 2.75) is 37.5 Å². The van der Waals surface area contributed by atoms with Crippen LogP contribution in [-0.4, -0.2) is 17.7 Å². The van der Waals surface area contributed by atoms with Gasteiger partial charge < -0.3 is 5.32 Å². The van der Waals surface area contributed by atoms with Crippen molar-refractivity contribution >= 4 is 29.3 Å². The van der Waals surface area contributed by atoms with Gasteiger partial charge in [-0.15, -0.1) is 11.8 Å². The fourth-order valence-electron chi connectivity index (χ4n) is 3.51. The summed E-state index contributed by atoms with van der Waals surface area (Å²) >= 11 is 7.52. The minimum atomic E-state index is 0.196. The highest BCUT2D eigenvalue weighted by molar-refractivity contribution is 7.99. The number of rotatable bonds is 5. The average Bonchev–Trinajstić information content (AvgIpc) is 3.03. The first-order chi connectivity index (χ1) is 9.70. The summed E-state index contributed by atoms with van der Waals surface area (Å²) in [6, 6.07) is 8.28. The third-order valence-corrected chi connectivity index (χ3v) is 5.76. The van der Waals surface area contributed by atoms with Crippen molar-refractivity contribution < 1.29 is 4.79 Å². The van der Waals surface area contributed by atoms with Gasteiger partial charge in [-0.2, -0.15) is 0 Å². The predicted molar refractivity (Wildman–Crippen MR) is 85.0 cm³/mol. The number of amides is 1. The second-order valence-corrected chi connectivity index (χ2v) is 7.39. The quantitative estimate of drug-likeness (QED) is 0.894. The van der Waals surface area contributed by atoms with Crippen molar-refractivity contribution in [3.05, 3.63) is 34.9 Å². The molecule has 1 N–H and O–H groups in total. The molecule has 2 aliphatic rings. The van der Waals surface area contributed by atoms with Crippen LogP contribution in [0.25, 0.3) is 0 Å². The van der Waals surface area contributed by atoms with Gasteiger partial charge in [0, 0.05) is 16.8 Å². The highest BCUT2D eigenvalue weighted by atomic mass is 35.5. The zero-order chi connectivity index (χ0) is 13.9. The van der Waals surface area contributed by atoms with E-state index in [2.05, 4.69) is 5.32 Å². The van der Waals surface area contributed by atoms with E-state index in [0.717, 1.165) is 22.6 Å². The maximum absolute atomic E-state index is 12.0. The number of carbonyl (C=O) groups is 1. The smallest absolute Gasteiger partial charge is 0.230 e.